The molecule has 0 spiro atoms. The minimum atomic E-state index is -4.28. The summed E-state index contributed by atoms with van der Waals surface area (Å²) < 4.78 is 53.2. The van der Waals surface area contributed by atoms with E-state index in [0.717, 1.165) is 5.56 Å². The fourth-order valence-corrected chi connectivity index (χ4v) is 4.40. The van der Waals surface area contributed by atoms with E-state index in [1.54, 1.807) is 58.9 Å². The number of carbonyl (C=O) groups is 4. The summed E-state index contributed by atoms with van der Waals surface area (Å²) in [7, 11) is -4.28. The molecule has 0 aliphatic carbocycles. The van der Waals surface area contributed by atoms with Gasteiger partial charge in [0.1, 0.15) is 6.61 Å². The summed E-state index contributed by atoms with van der Waals surface area (Å²) in [6.07, 6.45) is -4.03. The summed E-state index contributed by atoms with van der Waals surface area (Å²) in [5, 5.41) is 0. The highest BCUT2D eigenvalue weighted by Gasteiger charge is 2.35. The highest BCUT2D eigenvalue weighted by Crippen LogP contribution is 2.50. The lowest BCUT2D eigenvalue weighted by atomic mass is 10.1. The van der Waals surface area contributed by atoms with Crippen molar-refractivity contribution in [3.63, 3.8) is 0 Å². The third-order valence-corrected chi connectivity index (χ3v) is 6.41. The molecule has 0 N–H and O–H groups in total. The van der Waals surface area contributed by atoms with Gasteiger partial charge < -0.3 is 28.4 Å². The van der Waals surface area contributed by atoms with Crippen LogP contribution in [0.5, 0.6) is 0 Å². The van der Waals surface area contributed by atoms with Crippen molar-refractivity contribution < 1.29 is 61.2 Å². The van der Waals surface area contributed by atoms with Crippen molar-refractivity contribution in [3.8, 4) is 0 Å². The molecule has 0 aliphatic rings. The zero-order chi connectivity index (χ0) is 29.3. The van der Waals surface area contributed by atoms with Gasteiger partial charge in [-0.05, 0) is 46.6 Å². The van der Waals surface area contributed by atoms with E-state index in [-0.39, 0.29) is 26.1 Å². The Morgan fingerprint density at radius 1 is 0.795 bits per heavy atom. The van der Waals surface area contributed by atoms with Crippen LogP contribution in [0.2, 0.25) is 0 Å². The fourth-order valence-electron chi connectivity index (χ4n) is 2.82. The van der Waals surface area contributed by atoms with Gasteiger partial charge in [-0.1, -0.05) is 30.3 Å². The van der Waals surface area contributed by atoms with Gasteiger partial charge in [-0.25, -0.2) is 9.59 Å². The van der Waals surface area contributed by atoms with Crippen LogP contribution < -0.4 is 0 Å². The maximum atomic E-state index is 13.5. The van der Waals surface area contributed by atoms with E-state index in [0.29, 0.717) is 0 Å². The molecule has 0 aromatic heterocycles. The molecule has 1 unspecified atom stereocenters. The first kappa shape index (κ1) is 33.9. The van der Waals surface area contributed by atoms with Gasteiger partial charge >= 0.3 is 31.8 Å². The van der Waals surface area contributed by atoms with Crippen LogP contribution in [-0.2, 0) is 58.2 Å². The van der Waals surface area contributed by atoms with Gasteiger partial charge in [0, 0.05) is 6.42 Å². The maximum Gasteiger partial charge on any atom is 0.510 e. The van der Waals surface area contributed by atoms with E-state index in [2.05, 4.69) is 0 Å². The summed E-state index contributed by atoms with van der Waals surface area (Å²) in [6, 6.07) is 9.01. The van der Waals surface area contributed by atoms with Crippen molar-refractivity contribution in [2.24, 2.45) is 5.92 Å². The van der Waals surface area contributed by atoms with Gasteiger partial charge in [0.15, 0.2) is 0 Å². The van der Waals surface area contributed by atoms with Crippen molar-refractivity contribution in [2.75, 3.05) is 26.4 Å². The number of rotatable bonds is 17. The van der Waals surface area contributed by atoms with Crippen molar-refractivity contribution >= 4 is 31.8 Å². The molecule has 0 bridgehead atoms. The van der Waals surface area contributed by atoms with E-state index in [9.17, 15) is 23.7 Å². The molecular weight excluding hydrogens is 539 g/mol. The Balaban J connectivity index is 2.86. The topological polar surface area (TPSA) is 159 Å². The van der Waals surface area contributed by atoms with E-state index < -0.39 is 69.7 Å². The number of ether oxygens (including phenoxy) is 6. The maximum absolute atomic E-state index is 13.5. The summed E-state index contributed by atoms with van der Waals surface area (Å²) in [4.78, 5) is 48.2. The van der Waals surface area contributed by atoms with Crippen LogP contribution in [0.15, 0.2) is 30.3 Å². The molecular formula is C25H37O13P. The Hall–Kier alpha value is -3.15. The third-order valence-electron chi connectivity index (χ3n) is 4.52. The fraction of sp³-hybridized carbons (Fsp3) is 0.600. The molecule has 39 heavy (non-hydrogen) atoms. The van der Waals surface area contributed by atoms with Gasteiger partial charge in [-0.15, -0.1) is 0 Å². The first-order chi connectivity index (χ1) is 18.4. The first-order valence-electron chi connectivity index (χ1n) is 12.3. The summed E-state index contributed by atoms with van der Waals surface area (Å²) in [6.45, 7) is 6.32. The monoisotopic (exact) mass is 576 g/mol. The average Bonchev–Trinajstić information content (AvgIpc) is 2.85. The Labute approximate surface area is 227 Å². The molecule has 0 saturated heterocycles. The normalized spacial score (nSPS) is 12.0. The van der Waals surface area contributed by atoms with Crippen molar-refractivity contribution in [1.82, 2.24) is 0 Å². The van der Waals surface area contributed by atoms with Gasteiger partial charge in [-0.2, -0.15) is 0 Å². The van der Waals surface area contributed by atoms with Gasteiger partial charge in [0.05, 0.1) is 30.9 Å². The molecule has 13 nitrogen and oxygen atoms in total. The highest BCUT2D eigenvalue weighted by atomic mass is 31.2. The quantitative estimate of drug-likeness (QED) is 0.106. The minimum Gasteiger partial charge on any atom is -0.466 e. The Morgan fingerprint density at radius 2 is 1.33 bits per heavy atom. The molecule has 0 fully saturated rings. The lowest BCUT2D eigenvalue weighted by Crippen LogP contribution is -2.25. The van der Waals surface area contributed by atoms with Crippen LogP contribution in [0.1, 0.15) is 53.0 Å². The molecule has 0 heterocycles. The smallest absolute Gasteiger partial charge is 0.466 e. The predicted molar refractivity (Wildman–Crippen MR) is 135 cm³/mol. The van der Waals surface area contributed by atoms with Crippen LogP contribution in [0.25, 0.3) is 0 Å². The van der Waals surface area contributed by atoms with E-state index in [1.165, 1.54) is 0 Å². The molecule has 0 radical (unpaired) electrons. The SMILES string of the molecule is CCOC(=O)C(CCC(=O)OCc1ccccc1)CP(=O)(OCOC(=O)OC(C)C)OCOC(=O)OC(C)C. The summed E-state index contributed by atoms with van der Waals surface area (Å²) in [5.74, 6) is -2.49. The highest BCUT2D eigenvalue weighted by molar-refractivity contribution is 7.53. The van der Waals surface area contributed by atoms with E-state index in [4.69, 9.17) is 37.5 Å². The molecule has 1 rings (SSSR count). The van der Waals surface area contributed by atoms with Gasteiger partial charge in [0.2, 0.25) is 13.6 Å². The molecule has 1 aromatic carbocycles. The first-order valence-corrected chi connectivity index (χ1v) is 14.1. The second-order valence-corrected chi connectivity index (χ2v) is 10.6. The van der Waals surface area contributed by atoms with Crippen LogP contribution in [0, 0.1) is 5.92 Å². The molecule has 0 aliphatic heterocycles. The molecule has 1 atom stereocenters. The minimum absolute atomic E-state index is 0.0219. The zero-order valence-electron chi connectivity index (χ0n) is 22.8. The van der Waals surface area contributed by atoms with Crippen LogP contribution >= 0.6 is 7.60 Å². The Morgan fingerprint density at radius 3 is 1.82 bits per heavy atom. The molecule has 14 heteroatoms. The van der Waals surface area contributed by atoms with E-state index >= 15 is 0 Å². The Kier molecular flexibility index (Phi) is 15.8. The predicted octanol–water partition coefficient (Wildman–Crippen LogP) is 4.95. The number of benzene rings is 1. The lowest BCUT2D eigenvalue weighted by Gasteiger charge is -2.22. The van der Waals surface area contributed by atoms with Gasteiger partial charge in [0.25, 0.3) is 0 Å². The van der Waals surface area contributed by atoms with Crippen LogP contribution in [-0.4, -0.2) is 62.8 Å². The second kappa shape index (κ2) is 18.2. The Bertz CT molecular complexity index is 917. The average molecular weight is 577 g/mol. The zero-order valence-corrected chi connectivity index (χ0v) is 23.7. The number of hydrogen-bond donors (Lipinski definition) is 0. The van der Waals surface area contributed by atoms with Crippen molar-refractivity contribution in [2.45, 2.75) is 66.3 Å². The van der Waals surface area contributed by atoms with Crippen molar-refractivity contribution in [1.29, 1.82) is 0 Å². The number of carbonyl (C=O) groups excluding carboxylic acids is 4. The van der Waals surface area contributed by atoms with E-state index in [1.807, 2.05) is 6.07 Å². The number of hydrogen-bond acceptors (Lipinski definition) is 13. The number of esters is 2. The van der Waals surface area contributed by atoms with Crippen LogP contribution in [0.4, 0.5) is 9.59 Å². The summed E-state index contributed by atoms with van der Waals surface area (Å²) >= 11 is 0. The lowest BCUT2D eigenvalue weighted by molar-refractivity contribution is -0.149. The second-order valence-electron chi connectivity index (χ2n) is 8.54. The van der Waals surface area contributed by atoms with Crippen LogP contribution in [0.3, 0.4) is 0 Å². The van der Waals surface area contributed by atoms with Gasteiger partial charge in [-0.3, -0.25) is 23.2 Å². The largest absolute Gasteiger partial charge is 0.510 e. The molecule has 0 saturated carbocycles. The summed E-state index contributed by atoms with van der Waals surface area (Å²) in [5.41, 5.74) is 0.783. The molecule has 220 valence electrons. The molecule has 0 amide bonds. The standard InChI is InChI=1S/C25H37O13P/c1-6-31-23(27)21(12-13-22(26)32-14-20-10-8-7-9-11-20)15-39(30,35-16-33-24(28)37-18(2)3)36-17-34-25(29)38-19(4)5/h7-11,18-19,21H,6,12-17H2,1-5H3. The van der Waals surface area contributed by atoms with Crippen molar-refractivity contribution in [3.05, 3.63) is 35.9 Å². The third kappa shape index (κ3) is 15.8. The molecule has 1 aromatic rings.